The number of hydrogen-bond donors (Lipinski definition) is 0. The van der Waals surface area contributed by atoms with Gasteiger partial charge in [0.15, 0.2) is 5.58 Å². The molecule has 1 aliphatic heterocycles. The van der Waals surface area contributed by atoms with E-state index in [1.165, 1.54) is 31.4 Å². The van der Waals surface area contributed by atoms with Gasteiger partial charge in [0.2, 0.25) is 0 Å². The fraction of sp³-hybridized carbons (Fsp3) is 0.517. The fourth-order valence-electron chi connectivity index (χ4n) is 5.50. The predicted molar refractivity (Wildman–Crippen MR) is 156 cm³/mol. The van der Waals surface area contributed by atoms with Crippen LogP contribution in [-0.2, 0) is 19.5 Å². The molecule has 206 valence electrons. The second kappa shape index (κ2) is 12.7. The number of rotatable bonds is 10. The van der Waals surface area contributed by atoms with Crippen LogP contribution in [-0.4, -0.2) is 58.4 Å². The van der Waals surface area contributed by atoms with E-state index in [1.807, 2.05) is 6.20 Å². The maximum absolute atomic E-state index is 6.18. The first-order valence-corrected chi connectivity index (χ1v) is 13.5. The lowest BCUT2D eigenvalue weighted by Crippen LogP contribution is -2.34. The standard InChI is InChI=1S/C29H37N5O2.2ClH/c1-32(2)19-26-28(35-20-22-6-7-22)11-9-25-27(31-36-29(25)26)10-8-21-13-16-33(17-14-21)18-24-5-3-4-23-12-15-30-34(23)24;;/h3-5,9,11-12,15,21-22H,6-8,10,13-14,16-20H2,1-2H3;2*1H. The van der Waals surface area contributed by atoms with Crippen molar-refractivity contribution >= 4 is 41.3 Å². The van der Waals surface area contributed by atoms with Crippen LogP contribution in [0.1, 0.15) is 49.1 Å². The summed E-state index contributed by atoms with van der Waals surface area (Å²) in [6.07, 6.45) is 9.05. The summed E-state index contributed by atoms with van der Waals surface area (Å²) in [5, 5.41) is 10.2. The Morgan fingerprint density at radius 1 is 1.00 bits per heavy atom. The van der Waals surface area contributed by atoms with E-state index in [-0.39, 0.29) is 24.8 Å². The molecule has 4 aromatic rings. The fourth-order valence-corrected chi connectivity index (χ4v) is 5.50. The molecule has 0 amide bonds. The van der Waals surface area contributed by atoms with Crippen molar-refractivity contribution in [3.63, 3.8) is 0 Å². The molecule has 1 saturated heterocycles. The van der Waals surface area contributed by atoms with Gasteiger partial charge >= 0.3 is 0 Å². The van der Waals surface area contributed by atoms with Crippen LogP contribution in [0.25, 0.3) is 16.5 Å². The number of halogens is 2. The third-order valence-electron chi connectivity index (χ3n) is 7.80. The zero-order valence-electron chi connectivity index (χ0n) is 22.3. The summed E-state index contributed by atoms with van der Waals surface area (Å²) in [7, 11) is 4.17. The lowest BCUT2D eigenvalue weighted by Gasteiger charge is -2.31. The van der Waals surface area contributed by atoms with Gasteiger partial charge in [0.1, 0.15) is 5.75 Å². The van der Waals surface area contributed by atoms with Gasteiger partial charge in [0.05, 0.1) is 29.1 Å². The molecule has 0 atom stereocenters. The molecule has 2 fully saturated rings. The van der Waals surface area contributed by atoms with Crippen molar-refractivity contribution in [2.75, 3.05) is 33.8 Å². The Morgan fingerprint density at radius 3 is 2.58 bits per heavy atom. The van der Waals surface area contributed by atoms with Crippen molar-refractivity contribution < 1.29 is 9.26 Å². The van der Waals surface area contributed by atoms with Gasteiger partial charge in [0.25, 0.3) is 0 Å². The Morgan fingerprint density at radius 2 is 1.82 bits per heavy atom. The minimum absolute atomic E-state index is 0. The highest BCUT2D eigenvalue weighted by Crippen LogP contribution is 2.35. The third kappa shape index (κ3) is 6.45. The van der Waals surface area contributed by atoms with Gasteiger partial charge in [0, 0.05) is 24.7 Å². The molecule has 3 aromatic heterocycles. The highest BCUT2D eigenvalue weighted by molar-refractivity contribution is 5.86. The Hall–Kier alpha value is -2.32. The Bertz CT molecular complexity index is 1330. The summed E-state index contributed by atoms with van der Waals surface area (Å²) in [4.78, 5) is 4.73. The molecule has 1 aliphatic carbocycles. The first-order valence-electron chi connectivity index (χ1n) is 13.5. The van der Waals surface area contributed by atoms with Crippen LogP contribution in [0.3, 0.4) is 0 Å². The maximum atomic E-state index is 6.18. The number of nitrogens with zero attached hydrogens (tertiary/aromatic N) is 5. The smallest absolute Gasteiger partial charge is 0.175 e. The van der Waals surface area contributed by atoms with E-state index in [0.29, 0.717) is 0 Å². The Labute approximate surface area is 237 Å². The van der Waals surface area contributed by atoms with Crippen LogP contribution in [0.4, 0.5) is 0 Å². The summed E-state index contributed by atoms with van der Waals surface area (Å²) in [6.45, 7) is 4.83. The van der Waals surface area contributed by atoms with E-state index in [1.54, 1.807) is 0 Å². The number of benzene rings is 1. The highest BCUT2D eigenvalue weighted by Gasteiger charge is 2.25. The quantitative estimate of drug-likeness (QED) is 0.237. The summed E-state index contributed by atoms with van der Waals surface area (Å²) in [6, 6.07) is 12.8. The van der Waals surface area contributed by atoms with Gasteiger partial charge in [-0.3, -0.25) is 4.90 Å². The molecule has 38 heavy (non-hydrogen) atoms. The zero-order chi connectivity index (χ0) is 24.5. The van der Waals surface area contributed by atoms with Gasteiger partial charge in [-0.15, -0.1) is 24.8 Å². The normalized spacial score (nSPS) is 16.6. The monoisotopic (exact) mass is 559 g/mol. The molecule has 1 aromatic carbocycles. The molecule has 0 bridgehead atoms. The van der Waals surface area contributed by atoms with Crippen molar-refractivity contribution in [3.05, 3.63) is 59.5 Å². The van der Waals surface area contributed by atoms with Crippen molar-refractivity contribution in [2.24, 2.45) is 11.8 Å². The third-order valence-corrected chi connectivity index (χ3v) is 7.80. The molecule has 0 N–H and O–H groups in total. The van der Waals surface area contributed by atoms with Crippen LogP contribution in [0.15, 0.2) is 47.1 Å². The second-order valence-electron chi connectivity index (χ2n) is 11.0. The number of aromatic nitrogens is 3. The van der Waals surface area contributed by atoms with Crippen LogP contribution in [0, 0.1) is 11.8 Å². The van der Waals surface area contributed by atoms with Crippen molar-refractivity contribution in [1.29, 1.82) is 0 Å². The van der Waals surface area contributed by atoms with Crippen LogP contribution < -0.4 is 4.74 Å². The van der Waals surface area contributed by atoms with Gasteiger partial charge in [-0.2, -0.15) is 5.10 Å². The highest BCUT2D eigenvalue weighted by atomic mass is 35.5. The van der Waals surface area contributed by atoms with E-state index in [4.69, 9.17) is 9.26 Å². The van der Waals surface area contributed by atoms with Crippen molar-refractivity contribution in [1.82, 2.24) is 24.6 Å². The topological polar surface area (TPSA) is 59.0 Å². The molecule has 0 radical (unpaired) electrons. The molecule has 6 rings (SSSR count). The number of aryl methyl sites for hydroxylation is 1. The van der Waals surface area contributed by atoms with Crippen LogP contribution >= 0.6 is 24.8 Å². The SMILES string of the molecule is CN(C)Cc1c(OCC2CC2)ccc2c(CCC3CCN(Cc4cccc5ccnn45)CC3)noc12.Cl.Cl. The number of fused-ring (bicyclic) bond motifs is 2. The van der Waals surface area contributed by atoms with E-state index < -0.39 is 0 Å². The lowest BCUT2D eigenvalue weighted by molar-refractivity contribution is 0.169. The minimum atomic E-state index is 0. The molecule has 0 spiro atoms. The van der Waals surface area contributed by atoms with Crippen molar-refractivity contribution in [2.45, 2.75) is 51.6 Å². The molecule has 9 heteroatoms. The van der Waals surface area contributed by atoms with Crippen LogP contribution in [0.2, 0.25) is 0 Å². The van der Waals surface area contributed by atoms with Crippen LogP contribution in [0.5, 0.6) is 5.75 Å². The largest absolute Gasteiger partial charge is 0.493 e. The summed E-state index contributed by atoms with van der Waals surface area (Å²) >= 11 is 0. The van der Waals surface area contributed by atoms with Gasteiger partial charge in [-0.1, -0.05) is 11.2 Å². The Kier molecular flexibility index (Phi) is 9.58. The predicted octanol–water partition coefficient (Wildman–Crippen LogP) is 6.01. The van der Waals surface area contributed by atoms with Gasteiger partial charge < -0.3 is 14.2 Å². The molecule has 7 nitrogen and oxygen atoms in total. The number of pyridine rings is 1. The number of ether oxygens (including phenoxy) is 1. The zero-order valence-corrected chi connectivity index (χ0v) is 24.0. The maximum Gasteiger partial charge on any atom is 0.175 e. The summed E-state index contributed by atoms with van der Waals surface area (Å²) < 4.78 is 14.2. The minimum Gasteiger partial charge on any atom is -0.493 e. The lowest BCUT2D eigenvalue weighted by atomic mass is 9.91. The average Bonchev–Trinajstić information content (AvgIpc) is 3.41. The first-order chi connectivity index (χ1) is 17.6. The van der Waals surface area contributed by atoms with E-state index >= 15 is 0 Å². The molecule has 2 aliphatic rings. The number of likely N-dealkylation sites (tertiary alicyclic amines) is 1. The molecular formula is C29H39Cl2N5O2. The van der Waals surface area contributed by atoms with Gasteiger partial charge in [-0.25, -0.2) is 4.52 Å². The number of hydrogen-bond acceptors (Lipinski definition) is 6. The molecule has 0 unspecified atom stereocenters. The summed E-state index contributed by atoms with van der Waals surface area (Å²) in [5.74, 6) is 2.41. The first kappa shape index (κ1) is 28.7. The Balaban J connectivity index is 0.00000168. The summed E-state index contributed by atoms with van der Waals surface area (Å²) in [5.41, 5.74) is 5.54. The molecular weight excluding hydrogens is 521 g/mol. The van der Waals surface area contributed by atoms with Crippen molar-refractivity contribution in [3.8, 4) is 5.75 Å². The van der Waals surface area contributed by atoms with Gasteiger partial charge in [-0.05, 0) is 108 Å². The van der Waals surface area contributed by atoms with E-state index in [9.17, 15) is 0 Å². The number of piperidine rings is 1. The molecule has 1 saturated carbocycles. The molecule has 4 heterocycles. The average molecular weight is 561 g/mol. The van der Waals surface area contributed by atoms with E-state index in [0.717, 1.165) is 91.0 Å². The second-order valence-corrected chi connectivity index (χ2v) is 11.0. The van der Waals surface area contributed by atoms with E-state index in [2.05, 4.69) is 75.1 Å².